The normalized spacial score (nSPS) is 11.0. The maximum atomic E-state index is 12.7. The van der Waals surface area contributed by atoms with Crippen LogP contribution in [0.25, 0.3) is 5.70 Å². The number of aryl methyl sites for hydroxylation is 1. The SMILES string of the molecule is C=C(NNC(=O)c1cccc(C)c1)c1cc(C(F)(F)F)ccc1O. The van der Waals surface area contributed by atoms with Gasteiger partial charge in [0.05, 0.1) is 11.3 Å². The van der Waals surface area contributed by atoms with Gasteiger partial charge in [0.2, 0.25) is 0 Å². The van der Waals surface area contributed by atoms with E-state index < -0.39 is 17.6 Å². The number of hydrazine groups is 1. The molecule has 0 bridgehead atoms. The number of hydrogen-bond acceptors (Lipinski definition) is 3. The molecule has 0 aromatic heterocycles. The minimum absolute atomic E-state index is 0.0698. The van der Waals surface area contributed by atoms with Crippen LogP contribution in [0.2, 0.25) is 0 Å². The molecule has 126 valence electrons. The van der Waals surface area contributed by atoms with Gasteiger partial charge >= 0.3 is 6.18 Å². The number of amides is 1. The number of alkyl halides is 3. The first kappa shape index (κ1) is 17.4. The van der Waals surface area contributed by atoms with Crippen molar-refractivity contribution >= 4 is 11.6 Å². The lowest BCUT2D eigenvalue weighted by Crippen LogP contribution is -2.35. The van der Waals surface area contributed by atoms with E-state index in [9.17, 15) is 23.1 Å². The Bertz CT molecular complexity index is 786. The highest BCUT2D eigenvalue weighted by Crippen LogP contribution is 2.33. The van der Waals surface area contributed by atoms with Crippen molar-refractivity contribution in [2.75, 3.05) is 0 Å². The van der Waals surface area contributed by atoms with Crippen molar-refractivity contribution in [1.82, 2.24) is 10.9 Å². The third kappa shape index (κ3) is 4.07. The van der Waals surface area contributed by atoms with Crippen molar-refractivity contribution in [1.29, 1.82) is 0 Å². The summed E-state index contributed by atoms with van der Waals surface area (Å²) in [4.78, 5) is 12.0. The molecule has 24 heavy (non-hydrogen) atoms. The van der Waals surface area contributed by atoms with E-state index in [2.05, 4.69) is 17.4 Å². The highest BCUT2D eigenvalue weighted by molar-refractivity contribution is 5.94. The molecule has 7 heteroatoms. The van der Waals surface area contributed by atoms with Crippen molar-refractivity contribution in [2.24, 2.45) is 0 Å². The van der Waals surface area contributed by atoms with Crippen LogP contribution < -0.4 is 10.9 Å². The molecule has 0 aliphatic rings. The van der Waals surface area contributed by atoms with E-state index in [1.54, 1.807) is 18.2 Å². The molecule has 0 aliphatic carbocycles. The standard InChI is InChI=1S/C17H15F3N2O2/c1-10-4-3-5-12(8-10)16(24)22-21-11(2)14-9-13(17(18,19)20)6-7-15(14)23/h3-9,21,23H,2H2,1H3,(H,22,24). The first-order chi connectivity index (χ1) is 11.2. The number of benzene rings is 2. The fourth-order valence-corrected chi connectivity index (χ4v) is 2.01. The van der Waals surface area contributed by atoms with Crippen LogP contribution in [0.15, 0.2) is 49.0 Å². The van der Waals surface area contributed by atoms with Crippen molar-refractivity contribution in [3.8, 4) is 5.75 Å². The zero-order valence-electron chi connectivity index (χ0n) is 12.7. The molecule has 0 unspecified atom stereocenters. The summed E-state index contributed by atoms with van der Waals surface area (Å²) in [6, 6.07) is 9.21. The average Bonchev–Trinajstić information content (AvgIpc) is 2.51. The molecule has 0 saturated carbocycles. The molecule has 4 nitrogen and oxygen atoms in total. The minimum atomic E-state index is -4.55. The van der Waals surface area contributed by atoms with E-state index in [0.717, 1.165) is 23.8 Å². The van der Waals surface area contributed by atoms with Gasteiger partial charge in [0, 0.05) is 11.1 Å². The number of hydrogen-bond donors (Lipinski definition) is 3. The molecule has 0 atom stereocenters. The monoisotopic (exact) mass is 336 g/mol. The average molecular weight is 336 g/mol. The smallest absolute Gasteiger partial charge is 0.416 e. The lowest BCUT2D eigenvalue weighted by atomic mass is 10.1. The van der Waals surface area contributed by atoms with Crippen LogP contribution >= 0.6 is 0 Å². The van der Waals surface area contributed by atoms with E-state index >= 15 is 0 Å². The first-order valence-electron chi connectivity index (χ1n) is 6.91. The number of phenolic OH excluding ortho intramolecular Hbond substituents is 1. The molecular formula is C17H15F3N2O2. The molecule has 0 radical (unpaired) electrons. The third-order valence-corrected chi connectivity index (χ3v) is 3.26. The summed E-state index contributed by atoms with van der Waals surface area (Å²) in [7, 11) is 0. The topological polar surface area (TPSA) is 61.4 Å². The van der Waals surface area contributed by atoms with Crippen LogP contribution in [0.5, 0.6) is 5.75 Å². The maximum absolute atomic E-state index is 12.7. The number of aromatic hydroxyl groups is 1. The fourth-order valence-electron chi connectivity index (χ4n) is 2.01. The summed E-state index contributed by atoms with van der Waals surface area (Å²) in [5.41, 5.74) is 4.85. The molecule has 0 spiro atoms. The van der Waals surface area contributed by atoms with Crippen LogP contribution in [0.4, 0.5) is 13.2 Å². The summed E-state index contributed by atoms with van der Waals surface area (Å²) in [6.07, 6.45) is -4.55. The second-order valence-corrected chi connectivity index (χ2v) is 5.16. The van der Waals surface area contributed by atoms with Crippen molar-refractivity contribution < 1.29 is 23.1 Å². The van der Waals surface area contributed by atoms with Crippen molar-refractivity contribution in [3.05, 3.63) is 71.3 Å². The number of rotatable bonds is 4. The predicted octanol–water partition coefficient (Wildman–Crippen LogP) is 3.62. The number of carbonyl (C=O) groups excluding carboxylic acids is 1. The largest absolute Gasteiger partial charge is 0.507 e. The summed E-state index contributed by atoms with van der Waals surface area (Å²) in [5.74, 6) is -0.864. The van der Waals surface area contributed by atoms with Gasteiger partial charge in [0.25, 0.3) is 5.91 Å². The second-order valence-electron chi connectivity index (χ2n) is 5.16. The van der Waals surface area contributed by atoms with Crippen molar-refractivity contribution in [3.63, 3.8) is 0 Å². The van der Waals surface area contributed by atoms with Crippen LogP contribution in [-0.2, 0) is 6.18 Å². The van der Waals surface area contributed by atoms with Gasteiger partial charge in [-0.15, -0.1) is 0 Å². The van der Waals surface area contributed by atoms with E-state index in [-0.39, 0.29) is 17.0 Å². The Morgan fingerprint density at radius 2 is 1.83 bits per heavy atom. The van der Waals surface area contributed by atoms with Gasteiger partial charge in [-0.05, 0) is 37.3 Å². The quantitative estimate of drug-likeness (QED) is 0.747. The Morgan fingerprint density at radius 3 is 2.46 bits per heavy atom. The maximum Gasteiger partial charge on any atom is 0.416 e. The summed E-state index contributed by atoms with van der Waals surface area (Å²) in [5, 5.41) is 9.71. The van der Waals surface area contributed by atoms with Gasteiger partial charge in [-0.1, -0.05) is 24.3 Å². The van der Waals surface area contributed by atoms with E-state index in [1.165, 1.54) is 0 Å². The number of nitrogens with one attached hydrogen (secondary N) is 2. The molecule has 0 fully saturated rings. The van der Waals surface area contributed by atoms with Gasteiger partial charge in [-0.3, -0.25) is 15.6 Å². The Kier molecular flexibility index (Phi) is 4.82. The van der Waals surface area contributed by atoms with Gasteiger partial charge in [0.15, 0.2) is 0 Å². The Hall–Kier alpha value is -2.96. The molecular weight excluding hydrogens is 321 g/mol. The zero-order chi connectivity index (χ0) is 17.9. The lowest BCUT2D eigenvalue weighted by Gasteiger charge is -2.15. The predicted molar refractivity (Wildman–Crippen MR) is 83.9 cm³/mol. The Labute approximate surface area is 136 Å². The van der Waals surface area contributed by atoms with E-state index in [1.807, 2.05) is 13.0 Å². The van der Waals surface area contributed by atoms with Gasteiger partial charge in [-0.2, -0.15) is 13.2 Å². The Balaban J connectivity index is 2.11. The molecule has 0 heterocycles. The molecule has 0 saturated heterocycles. The molecule has 2 aromatic rings. The van der Waals surface area contributed by atoms with E-state index in [0.29, 0.717) is 5.56 Å². The zero-order valence-corrected chi connectivity index (χ0v) is 12.7. The van der Waals surface area contributed by atoms with Gasteiger partial charge in [0.1, 0.15) is 5.75 Å². The lowest BCUT2D eigenvalue weighted by molar-refractivity contribution is -0.137. The van der Waals surface area contributed by atoms with Crippen molar-refractivity contribution in [2.45, 2.75) is 13.1 Å². The Morgan fingerprint density at radius 1 is 1.12 bits per heavy atom. The van der Waals surface area contributed by atoms with E-state index in [4.69, 9.17) is 0 Å². The summed E-state index contributed by atoms with van der Waals surface area (Å²) >= 11 is 0. The molecule has 0 aliphatic heterocycles. The number of carbonyl (C=O) groups is 1. The second kappa shape index (κ2) is 6.66. The third-order valence-electron chi connectivity index (χ3n) is 3.26. The van der Waals surface area contributed by atoms with Gasteiger partial charge in [-0.25, -0.2) is 0 Å². The number of phenols is 1. The first-order valence-corrected chi connectivity index (χ1v) is 6.91. The van der Waals surface area contributed by atoms with Crippen LogP contribution in [0.1, 0.15) is 27.0 Å². The summed E-state index contributed by atoms with van der Waals surface area (Å²) in [6.45, 7) is 5.36. The highest BCUT2D eigenvalue weighted by Gasteiger charge is 2.31. The van der Waals surface area contributed by atoms with Gasteiger partial charge < -0.3 is 5.11 Å². The molecule has 2 rings (SSSR count). The highest BCUT2D eigenvalue weighted by atomic mass is 19.4. The molecule has 2 aromatic carbocycles. The molecule has 1 amide bonds. The molecule has 3 N–H and O–H groups in total. The van der Waals surface area contributed by atoms with Crippen LogP contribution in [0, 0.1) is 6.92 Å². The summed E-state index contributed by atoms with van der Waals surface area (Å²) < 4.78 is 38.2. The fraction of sp³-hybridized carbons (Fsp3) is 0.118. The van der Waals surface area contributed by atoms with Crippen LogP contribution in [0.3, 0.4) is 0 Å². The minimum Gasteiger partial charge on any atom is -0.507 e. The number of halogens is 3. The van der Waals surface area contributed by atoms with Crippen LogP contribution in [-0.4, -0.2) is 11.0 Å².